The van der Waals surface area contributed by atoms with Crippen molar-refractivity contribution in [2.75, 3.05) is 48.4 Å². The molecule has 3 aromatic heterocycles. The number of hydrogen-bond donors (Lipinski definition) is 0. The molecule has 0 aliphatic carbocycles. The van der Waals surface area contributed by atoms with Crippen molar-refractivity contribution in [3.63, 3.8) is 0 Å². The van der Waals surface area contributed by atoms with Crippen LogP contribution in [0.5, 0.6) is 23.0 Å². The molecule has 272 valence electrons. The Morgan fingerprint density at radius 3 is 1.32 bits per heavy atom. The lowest BCUT2D eigenvalue weighted by Crippen LogP contribution is -2.16. The van der Waals surface area contributed by atoms with Gasteiger partial charge in [0.25, 0.3) is 0 Å². The SMILES string of the molecule is COc1ccc2c(c1)c1cc(OC)ccc1n2C(=O)OCCOCc1cncc(COCOC(=O)n2c3ccc(OC)cc3c3cc(OC)ccc32)c1. The first-order valence-electron chi connectivity index (χ1n) is 16.7. The Kier molecular flexibility index (Phi) is 10.3. The molecular formula is C40H37N3O10. The Labute approximate surface area is 304 Å². The van der Waals surface area contributed by atoms with Crippen LogP contribution < -0.4 is 18.9 Å². The number of nitrogens with zero attached hydrogens (tertiary/aromatic N) is 3. The minimum Gasteiger partial charge on any atom is -0.497 e. The number of aromatic nitrogens is 3. The summed E-state index contributed by atoms with van der Waals surface area (Å²) < 4.78 is 47.2. The lowest BCUT2D eigenvalue weighted by atomic mass is 10.1. The van der Waals surface area contributed by atoms with Crippen molar-refractivity contribution >= 4 is 55.8 Å². The van der Waals surface area contributed by atoms with Crippen LogP contribution in [0, 0.1) is 0 Å². The van der Waals surface area contributed by atoms with Crippen LogP contribution in [0.2, 0.25) is 0 Å². The van der Waals surface area contributed by atoms with Gasteiger partial charge in [0.1, 0.15) is 29.6 Å². The predicted octanol–water partition coefficient (Wildman–Crippen LogP) is 7.69. The monoisotopic (exact) mass is 719 g/mol. The van der Waals surface area contributed by atoms with Crippen LogP contribution in [0.4, 0.5) is 9.59 Å². The second-order valence-corrected chi connectivity index (χ2v) is 11.9. The molecule has 0 fully saturated rings. The number of carbonyl (C=O) groups excluding carboxylic acids is 2. The highest BCUT2D eigenvalue weighted by atomic mass is 16.7. The Morgan fingerprint density at radius 1 is 0.509 bits per heavy atom. The van der Waals surface area contributed by atoms with E-state index in [0.29, 0.717) is 45.1 Å². The van der Waals surface area contributed by atoms with Gasteiger partial charge in [-0.3, -0.25) is 4.98 Å². The van der Waals surface area contributed by atoms with Gasteiger partial charge in [0.2, 0.25) is 0 Å². The number of fused-ring (bicyclic) bond motifs is 6. The van der Waals surface area contributed by atoms with E-state index in [9.17, 15) is 9.59 Å². The van der Waals surface area contributed by atoms with Crippen LogP contribution in [0.15, 0.2) is 91.3 Å². The topological polar surface area (TPSA) is 131 Å². The van der Waals surface area contributed by atoms with Gasteiger partial charge in [0.05, 0.1) is 70.3 Å². The molecule has 0 spiro atoms. The zero-order chi connectivity index (χ0) is 36.9. The molecule has 0 aliphatic rings. The van der Waals surface area contributed by atoms with Gasteiger partial charge in [-0.15, -0.1) is 0 Å². The number of benzene rings is 4. The number of pyridine rings is 1. The molecule has 0 saturated carbocycles. The Hall–Kier alpha value is -6.31. The van der Waals surface area contributed by atoms with Gasteiger partial charge in [0, 0.05) is 33.9 Å². The average Bonchev–Trinajstić information content (AvgIpc) is 3.70. The van der Waals surface area contributed by atoms with E-state index in [-0.39, 0.29) is 33.2 Å². The van der Waals surface area contributed by atoms with E-state index in [1.54, 1.807) is 65.1 Å². The van der Waals surface area contributed by atoms with Crippen LogP contribution in [0.25, 0.3) is 43.6 Å². The van der Waals surface area contributed by atoms with Gasteiger partial charge in [-0.2, -0.15) is 0 Å². The van der Waals surface area contributed by atoms with Gasteiger partial charge in [-0.05, 0) is 90.0 Å². The third kappa shape index (κ3) is 7.12. The molecule has 4 aromatic carbocycles. The molecule has 0 N–H and O–H groups in total. The number of ether oxygens (including phenoxy) is 8. The lowest BCUT2D eigenvalue weighted by molar-refractivity contribution is -0.0227. The molecule has 0 atom stereocenters. The molecule has 0 saturated heterocycles. The quantitative estimate of drug-likeness (QED) is 0.0859. The fourth-order valence-electron chi connectivity index (χ4n) is 6.32. The molecule has 53 heavy (non-hydrogen) atoms. The largest absolute Gasteiger partial charge is 0.497 e. The summed E-state index contributed by atoms with van der Waals surface area (Å²) >= 11 is 0. The molecule has 0 amide bonds. The fourth-order valence-corrected chi connectivity index (χ4v) is 6.32. The van der Waals surface area contributed by atoms with Crippen LogP contribution >= 0.6 is 0 Å². The van der Waals surface area contributed by atoms with E-state index >= 15 is 0 Å². The summed E-state index contributed by atoms with van der Waals surface area (Å²) in [7, 11) is 6.38. The smallest absolute Gasteiger partial charge is 0.421 e. The van der Waals surface area contributed by atoms with Crippen molar-refractivity contribution in [3.8, 4) is 23.0 Å². The van der Waals surface area contributed by atoms with E-state index in [1.165, 1.54) is 9.13 Å². The van der Waals surface area contributed by atoms with E-state index in [4.69, 9.17) is 37.9 Å². The fraction of sp³-hybridized carbons (Fsp3) is 0.225. The minimum absolute atomic E-state index is 0.0426. The molecule has 0 aliphatic heterocycles. The van der Waals surface area contributed by atoms with Crippen molar-refractivity contribution < 1.29 is 47.5 Å². The summed E-state index contributed by atoms with van der Waals surface area (Å²) in [5.41, 5.74) is 4.28. The summed E-state index contributed by atoms with van der Waals surface area (Å²) in [6, 6.07) is 23.8. The first-order valence-corrected chi connectivity index (χ1v) is 16.7. The Balaban J connectivity index is 0.914. The maximum Gasteiger partial charge on any atom is 0.421 e. The van der Waals surface area contributed by atoms with Gasteiger partial charge >= 0.3 is 12.2 Å². The zero-order valence-corrected chi connectivity index (χ0v) is 29.6. The van der Waals surface area contributed by atoms with Crippen LogP contribution in [0.3, 0.4) is 0 Å². The molecule has 13 nitrogen and oxygen atoms in total. The van der Waals surface area contributed by atoms with Crippen molar-refractivity contribution in [3.05, 3.63) is 102 Å². The Bertz CT molecular complexity index is 2330. The van der Waals surface area contributed by atoms with Crippen LogP contribution in [0.1, 0.15) is 11.1 Å². The van der Waals surface area contributed by atoms with E-state index < -0.39 is 12.2 Å². The highest BCUT2D eigenvalue weighted by Gasteiger charge is 2.20. The summed E-state index contributed by atoms with van der Waals surface area (Å²) in [5, 5.41) is 3.33. The average molecular weight is 720 g/mol. The molecule has 13 heteroatoms. The number of rotatable bonds is 13. The maximum atomic E-state index is 13.3. The van der Waals surface area contributed by atoms with Gasteiger partial charge in [0.15, 0.2) is 6.79 Å². The maximum absolute atomic E-state index is 13.3. The lowest BCUT2D eigenvalue weighted by Gasteiger charge is -2.10. The van der Waals surface area contributed by atoms with Crippen molar-refractivity contribution in [1.29, 1.82) is 0 Å². The molecule has 7 rings (SSSR count). The van der Waals surface area contributed by atoms with Crippen molar-refractivity contribution in [1.82, 2.24) is 14.1 Å². The number of methoxy groups -OCH3 is 4. The van der Waals surface area contributed by atoms with Crippen molar-refractivity contribution in [2.45, 2.75) is 13.2 Å². The second kappa shape index (κ2) is 15.5. The van der Waals surface area contributed by atoms with Gasteiger partial charge in [-0.25, -0.2) is 18.7 Å². The first kappa shape index (κ1) is 35.1. The van der Waals surface area contributed by atoms with Gasteiger partial charge in [-0.1, -0.05) is 0 Å². The second-order valence-electron chi connectivity index (χ2n) is 11.9. The molecule has 3 heterocycles. The van der Waals surface area contributed by atoms with Crippen LogP contribution in [-0.2, 0) is 32.2 Å². The standard InChI is InChI=1S/C40H37N3O10/c1-46-27-5-9-35-31(16-27)32-17-28(47-2)6-10-36(32)42(35)39(44)52-14-13-50-22-25-15-26(21-41-20-25)23-51-24-53-40(45)43-37-11-7-29(48-3)18-33(37)34-19-30(49-4)8-12-38(34)43/h5-12,15-21H,13-14,22-24H2,1-4H3. The third-order valence-electron chi connectivity index (χ3n) is 8.83. The van der Waals surface area contributed by atoms with Crippen LogP contribution in [-0.4, -0.2) is 74.8 Å². The van der Waals surface area contributed by atoms with Crippen molar-refractivity contribution in [2.24, 2.45) is 0 Å². The normalized spacial score (nSPS) is 11.3. The molecule has 0 bridgehead atoms. The predicted molar refractivity (Wildman–Crippen MR) is 197 cm³/mol. The molecule has 0 radical (unpaired) electrons. The third-order valence-corrected chi connectivity index (χ3v) is 8.83. The number of carbonyl (C=O) groups is 2. The zero-order valence-electron chi connectivity index (χ0n) is 29.6. The summed E-state index contributed by atoms with van der Waals surface area (Å²) in [5.74, 6) is 2.68. The van der Waals surface area contributed by atoms with E-state index in [2.05, 4.69) is 4.98 Å². The molecule has 7 aromatic rings. The summed E-state index contributed by atoms with van der Waals surface area (Å²) in [6.07, 6.45) is 2.24. The van der Waals surface area contributed by atoms with E-state index in [0.717, 1.165) is 32.7 Å². The summed E-state index contributed by atoms with van der Waals surface area (Å²) in [6.45, 7) is 0.339. The number of hydrogen-bond acceptors (Lipinski definition) is 11. The molecule has 0 unspecified atom stereocenters. The van der Waals surface area contributed by atoms with E-state index in [1.807, 2.05) is 54.6 Å². The van der Waals surface area contributed by atoms with Gasteiger partial charge < -0.3 is 37.9 Å². The summed E-state index contributed by atoms with van der Waals surface area (Å²) in [4.78, 5) is 30.8. The highest BCUT2D eigenvalue weighted by Crippen LogP contribution is 2.35. The minimum atomic E-state index is -0.583. The highest BCUT2D eigenvalue weighted by molar-refractivity contribution is 6.14. The first-order chi connectivity index (χ1) is 25.9. The Morgan fingerprint density at radius 2 is 0.906 bits per heavy atom. The molecular weight excluding hydrogens is 682 g/mol.